The van der Waals surface area contributed by atoms with Crippen LogP contribution in [0.5, 0.6) is 0 Å². The number of halogens is 6. The van der Waals surface area contributed by atoms with Gasteiger partial charge in [-0.15, -0.1) is 0 Å². The lowest BCUT2D eigenvalue weighted by Gasteiger charge is -2.37. The van der Waals surface area contributed by atoms with Crippen molar-refractivity contribution in [3.8, 4) is 0 Å². The van der Waals surface area contributed by atoms with Crippen molar-refractivity contribution in [3.63, 3.8) is 0 Å². The van der Waals surface area contributed by atoms with E-state index in [4.69, 9.17) is 0 Å². The van der Waals surface area contributed by atoms with Crippen molar-refractivity contribution in [1.82, 2.24) is 5.32 Å². The summed E-state index contributed by atoms with van der Waals surface area (Å²) in [6, 6.07) is 11.6. The summed E-state index contributed by atoms with van der Waals surface area (Å²) in [5, 5.41) is 2.18. The first-order valence-electron chi connectivity index (χ1n) is 9.26. The van der Waals surface area contributed by atoms with Gasteiger partial charge >= 0.3 is 12.1 Å². The van der Waals surface area contributed by atoms with Crippen LogP contribution in [0.15, 0.2) is 72.8 Å². The zero-order valence-corrected chi connectivity index (χ0v) is 16.0. The third-order valence-corrected chi connectivity index (χ3v) is 5.38. The van der Waals surface area contributed by atoms with E-state index in [0.717, 1.165) is 24.3 Å². The van der Waals surface area contributed by atoms with Gasteiger partial charge in [-0.1, -0.05) is 42.5 Å². The van der Waals surface area contributed by atoms with Gasteiger partial charge in [0.05, 0.1) is 5.56 Å². The molecule has 0 aliphatic carbocycles. The standard InChI is InChI=1S/C23H13F6NO2/c24-16-11-9-14(10-12-16)21(18-4-2-1-3-17(18)20(32)30-21)22(25,26)19(31)13-5-7-15(8-6-13)23(27,28)29/h1-12H,(H,30,32). The number of Topliss-reactive ketones (excluding diaryl/α,β-unsaturated/α-hetero) is 1. The minimum absolute atomic E-state index is 0.100. The summed E-state index contributed by atoms with van der Waals surface area (Å²) in [6.45, 7) is 0. The molecule has 0 saturated heterocycles. The van der Waals surface area contributed by atoms with E-state index < -0.39 is 46.3 Å². The molecule has 3 nitrogen and oxygen atoms in total. The first-order valence-corrected chi connectivity index (χ1v) is 9.26. The van der Waals surface area contributed by atoms with Crippen LogP contribution in [0, 0.1) is 5.82 Å². The number of alkyl halides is 5. The number of fused-ring (bicyclic) bond motifs is 1. The minimum atomic E-state index is -4.71. The summed E-state index contributed by atoms with van der Waals surface area (Å²) in [6.07, 6.45) is -4.71. The van der Waals surface area contributed by atoms with E-state index >= 15 is 8.78 Å². The molecule has 1 aliphatic rings. The smallest absolute Gasteiger partial charge is 0.333 e. The van der Waals surface area contributed by atoms with Crippen LogP contribution >= 0.6 is 0 Å². The van der Waals surface area contributed by atoms with Gasteiger partial charge in [0.15, 0.2) is 5.54 Å². The number of nitrogens with one attached hydrogen (secondary N) is 1. The lowest BCUT2D eigenvalue weighted by Crippen LogP contribution is -2.58. The van der Waals surface area contributed by atoms with Crippen molar-refractivity contribution in [3.05, 3.63) is 106 Å². The van der Waals surface area contributed by atoms with Gasteiger partial charge in [0.25, 0.3) is 5.91 Å². The van der Waals surface area contributed by atoms with Crippen molar-refractivity contribution in [2.24, 2.45) is 0 Å². The zero-order valence-electron chi connectivity index (χ0n) is 16.0. The maximum atomic E-state index is 16.0. The van der Waals surface area contributed by atoms with E-state index in [9.17, 15) is 27.2 Å². The maximum Gasteiger partial charge on any atom is 0.416 e. The lowest BCUT2D eigenvalue weighted by atomic mass is 9.75. The summed E-state index contributed by atoms with van der Waals surface area (Å²) >= 11 is 0. The molecule has 0 spiro atoms. The van der Waals surface area contributed by atoms with Gasteiger partial charge in [0, 0.05) is 16.7 Å². The number of hydrogen-bond donors (Lipinski definition) is 1. The molecule has 1 atom stereocenters. The molecule has 3 aromatic carbocycles. The molecular weight excluding hydrogens is 436 g/mol. The molecule has 32 heavy (non-hydrogen) atoms. The van der Waals surface area contributed by atoms with Crippen molar-refractivity contribution >= 4 is 11.7 Å². The second-order valence-corrected chi connectivity index (χ2v) is 7.24. The SMILES string of the molecule is O=C1NC(c2ccc(F)cc2)(C(F)(F)C(=O)c2ccc(C(F)(F)F)cc2)c2ccccc21. The number of rotatable bonds is 4. The molecule has 1 aliphatic heterocycles. The van der Waals surface area contributed by atoms with Crippen LogP contribution in [0.1, 0.15) is 37.4 Å². The van der Waals surface area contributed by atoms with E-state index in [1.54, 1.807) is 0 Å². The molecule has 1 N–H and O–H groups in total. The van der Waals surface area contributed by atoms with Crippen molar-refractivity contribution in [2.75, 3.05) is 0 Å². The fourth-order valence-electron chi connectivity index (χ4n) is 3.83. The summed E-state index contributed by atoms with van der Waals surface area (Å²) < 4.78 is 83.8. The average Bonchev–Trinajstić information content (AvgIpc) is 3.07. The highest BCUT2D eigenvalue weighted by Crippen LogP contribution is 2.49. The average molecular weight is 449 g/mol. The van der Waals surface area contributed by atoms with Crippen LogP contribution < -0.4 is 5.32 Å². The molecule has 0 radical (unpaired) electrons. The summed E-state index contributed by atoms with van der Waals surface area (Å²) in [5.74, 6) is -7.73. The van der Waals surface area contributed by atoms with Crippen LogP contribution in [0.3, 0.4) is 0 Å². The van der Waals surface area contributed by atoms with E-state index in [1.807, 2.05) is 0 Å². The molecule has 0 saturated carbocycles. The Labute approximate surface area is 177 Å². The normalized spacial score (nSPS) is 18.2. The fraction of sp³-hybridized carbons (Fsp3) is 0.130. The number of carbonyl (C=O) groups excluding carboxylic acids is 2. The number of ketones is 1. The Balaban J connectivity index is 1.89. The van der Waals surface area contributed by atoms with E-state index in [0.29, 0.717) is 24.3 Å². The van der Waals surface area contributed by atoms with Crippen molar-refractivity contribution in [1.29, 1.82) is 0 Å². The molecule has 4 rings (SSSR count). The Hall–Kier alpha value is -3.62. The molecule has 0 aromatic heterocycles. The topological polar surface area (TPSA) is 46.2 Å². The monoisotopic (exact) mass is 449 g/mol. The van der Waals surface area contributed by atoms with E-state index in [1.165, 1.54) is 24.3 Å². The van der Waals surface area contributed by atoms with E-state index in [2.05, 4.69) is 5.32 Å². The number of benzene rings is 3. The Bertz CT molecular complexity index is 1200. The van der Waals surface area contributed by atoms with Gasteiger partial charge in [-0.3, -0.25) is 9.59 Å². The molecule has 0 bridgehead atoms. The number of carbonyl (C=O) groups is 2. The van der Waals surface area contributed by atoms with Gasteiger partial charge in [0.2, 0.25) is 5.78 Å². The highest BCUT2D eigenvalue weighted by atomic mass is 19.4. The Kier molecular flexibility index (Phi) is 4.87. The molecular formula is C23H13F6NO2. The Morgan fingerprint density at radius 2 is 1.41 bits per heavy atom. The molecule has 9 heteroatoms. The minimum Gasteiger partial charge on any atom is -0.333 e. The summed E-state index contributed by atoms with van der Waals surface area (Å²) in [4.78, 5) is 25.4. The number of hydrogen-bond acceptors (Lipinski definition) is 2. The van der Waals surface area contributed by atoms with Gasteiger partial charge < -0.3 is 5.32 Å². The second-order valence-electron chi connectivity index (χ2n) is 7.24. The maximum absolute atomic E-state index is 16.0. The highest BCUT2D eigenvalue weighted by molar-refractivity contribution is 6.07. The summed E-state index contributed by atoms with van der Waals surface area (Å²) in [5.41, 5.74) is -5.04. The van der Waals surface area contributed by atoms with Crippen LogP contribution in [0.25, 0.3) is 0 Å². The third kappa shape index (κ3) is 3.16. The van der Waals surface area contributed by atoms with Gasteiger partial charge in [-0.05, 0) is 35.9 Å². The Morgan fingerprint density at radius 1 is 0.812 bits per heavy atom. The largest absolute Gasteiger partial charge is 0.416 e. The molecule has 1 unspecified atom stereocenters. The molecule has 1 heterocycles. The predicted molar refractivity (Wildman–Crippen MR) is 102 cm³/mol. The molecule has 3 aromatic rings. The van der Waals surface area contributed by atoms with Gasteiger partial charge in [-0.25, -0.2) is 4.39 Å². The predicted octanol–water partition coefficient (Wildman–Crippen LogP) is 5.35. The van der Waals surface area contributed by atoms with Crippen LogP contribution in [0.2, 0.25) is 0 Å². The third-order valence-electron chi connectivity index (χ3n) is 5.38. The zero-order chi connectivity index (χ0) is 23.3. The highest BCUT2D eigenvalue weighted by Gasteiger charge is 2.65. The quantitative estimate of drug-likeness (QED) is 0.431. The second kappa shape index (κ2) is 7.22. The van der Waals surface area contributed by atoms with Crippen LogP contribution in [0.4, 0.5) is 26.3 Å². The first kappa shape index (κ1) is 21.6. The lowest BCUT2D eigenvalue weighted by molar-refractivity contribution is -0.137. The first-order chi connectivity index (χ1) is 15.0. The van der Waals surface area contributed by atoms with Crippen molar-refractivity contribution in [2.45, 2.75) is 17.6 Å². The summed E-state index contributed by atoms with van der Waals surface area (Å²) in [7, 11) is 0. The van der Waals surface area contributed by atoms with Gasteiger partial charge in [0.1, 0.15) is 5.82 Å². The van der Waals surface area contributed by atoms with Crippen molar-refractivity contribution < 1.29 is 35.9 Å². The molecule has 164 valence electrons. The Morgan fingerprint density at radius 3 is 2.00 bits per heavy atom. The van der Waals surface area contributed by atoms with Gasteiger partial charge in [-0.2, -0.15) is 22.0 Å². The van der Waals surface area contributed by atoms with Crippen LogP contribution in [-0.4, -0.2) is 17.6 Å². The number of amides is 1. The molecule has 0 fully saturated rings. The molecule has 1 amide bonds. The fourth-order valence-corrected chi connectivity index (χ4v) is 3.83. The van der Waals surface area contributed by atoms with E-state index in [-0.39, 0.29) is 16.7 Å². The van der Waals surface area contributed by atoms with Crippen LogP contribution in [-0.2, 0) is 11.7 Å².